The Morgan fingerprint density at radius 2 is 2.19 bits per heavy atom. The maximum Gasteiger partial charge on any atom is 0.345 e. The lowest BCUT2D eigenvalue weighted by atomic mass is 10.2. The third kappa shape index (κ3) is 3.12. The van der Waals surface area contributed by atoms with Gasteiger partial charge in [-0.15, -0.1) is 0 Å². The highest BCUT2D eigenvalue weighted by Crippen LogP contribution is 2.31. The fourth-order valence-electron chi connectivity index (χ4n) is 2.37. The largest absolute Gasteiger partial charge is 0.465 e. The lowest BCUT2D eigenvalue weighted by Gasteiger charge is -2.10. The van der Waals surface area contributed by atoms with Crippen molar-refractivity contribution in [3.63, 3.8) is 0 Å². The van der Waals surface area contributed by atoms with Gasteiger partial charge < -0.3 is 15.8 Å². The van der Waals surface area contributed by atoms with Crippen LogP contribution in [0.15, 0.2) is 0 Å². The number of anilines is 2. The predicted molar refractivity (Wildman–Crippen MR) is 79.0 cm³/mol. The predicted octanol–water partition coefficient (Wildman–Crippen LogP) is 0.432. The van der Waals surface area contributed by atoms with Crippen molar-refractivity contribution in [2.75, 3.05) is 29.7 Å². The molecule has 1 fully saturated rings. The Morgan fingerprint density at radius 3 is 2.67 bits per heavy atom. The van der Waals surface area contributed by atoms with Crippen LogP contribution in [0, 0.1) is 0 Å². The first-order valence-electron chi connectivity index (χ1n) is 6.68. The summed E-state index contributed by atoms with van der Waals surface area (Å²) < 4.78 is 29.3. The second kappa shape index (κ2) is 5.55. The van der Waals surface area contributed by atoms with E-state index in [1.807, 2.05) is 13.8 Å². The summed E-state index contributed by atoms with van der Waals surface area (Å²) in [6.07, 6.45) is 0.440. The van der Waals surface area contributed by atoms with Gasteiger partial charge in [0.2, 0.25) is 0 Å². The first-order chi connectivity index (χ1) is 9.75. The number of nitrogens with zero attached hydrogens (tertiary/aromatic N) is 2. The average molecular weight is 316 g/mol. The summed E-state index contributed by atoms with van der Waals surface area (Å²) in [6, 6.07) is -0.301. The number of nitrogens with two attached hydrogens (primary N) is 1. The van der Waals surface area contributed by atoms with E-state index in [1.165, 1.54) is 11.8 Å². The van der Waals surface area contributed by atoms with Gasteiger partial charge in [0.15, 0.2) is 15.7 Å². The molecule has 8 nitrogen and oxygen atoms in total. The molecule has 21 heavy (non-hydrogen) atoms. The van der Waals surface area contributed by atoms with Gasteiger partial charge in [-0.05, 0) is 20.3 Å². The van der Waals surface area contributed by atoms with E-state index in [2.05, 4.69) is 10.4 Å². The number of nitrogens with one attached hydrogen (secondary N) is 1. The lowest BCUT2D eigenvalue weighted by Crippen LogP contribution is -2.16. The first kappa shape index (κ1) is 15.6. The van der Waals surface area contributed by atoms with E-state index in [-0.39, 0.29) is 35.0 Å². The number of esters is 1. The van der Waals surface area contributed by atoms with Crippen LogP contribution >= 0.6 is 0 Å². The number of aromatic nitrogens is 2. The van der Waals surface area contributed by atoms with Crippen molar-refractivity contribution < 1.29 is 17.9 Å². The van der Waals surface area contributed by atoms with Crippen molar-refractivity contribution >= 4 is 27.4 Å². The number of carbonyl (C=O) groups excluding carboxylic acids is 1. The fourth-order valence-corrected chi connectivity index (χ4v) is 4.06. The molecule has 1 unspecified atom stereocenters. The number of nitrogen functional groups attached to an aromatic ring is 1. The van der Waals surface area contributed by atoms with Gasteiger partial charge in [0, 0.05) is 6.04 Å². The molecule has 0 spiro atoms. The minimum absolute atomic E-state index is 0.0133. The van der Waals surface area contributed by atoms with Crippen LogP contribution in [0.3, 0.4) is 0 Å². The Balaban J connectivity index is 2.44. The van der Waals surface area contributed by atoms with Crippen LogP contribution in [0.2, 0.25) is 0 Å². The van der Waals surface area contributed by atoms with Gasteiger partial charge in [0.05, 0.1) is 24.7 Å². The van der Waals surface area contributed by atoms with Crippen LogP contribution in [0.1, 0.15) is 36.7 Å². The molecular weight excluding hydrogens is 296 g/mol. The Bertz CT molecular complexity index is 650. The molecular formula is C12H20N4O4S. The van der Waals surface area contributed by atoms with Gasteiger partial charge in [0.1, 0.15) is 11.4 Å². The number of carbonyl (C=O) groups is 1. The molecule has 2 heterocycles. The number of sulfone groups is 1. The van der Waals surface area contributed by atoms with E-state index < -0.39 is 15.8 Å². The number of hydrogen-bond acceptors (Lipinski definition) is 7. The molecule has 1 aliphatic heterocycles. The molecule has 0 aliphatic carbocycles. The van der Waals surface area contributed by atoms with Crippen LogP contribution in [0.5, 0.6) is 0 Å². The minimum atomic E-state index is -3.07. The summed E-state index contributed by atoms with van der Waals surface area (Å²) in [6.45, 7) is 3.80. The summed E-state index contributed by atoms with van der Waals surface area (Å²) >= 11 is 0. The van der Waals surface area contributed by atoms with Crippen LogP contribution in [-0.4, -0.2) is 48.8 Å². The topological polar surface area (TPSA) is 116 Å². The van der Waals surface area contributed by atoms with Crippen LogP contribution in [0.25, 0.3) is 0 Å². The maximum absolute atomic E-state index is 11.9. The zero-order valence-electron chi connectivity index (χ0n) is 12.3. The van der Waals surface area contributed by atoms with Crippen molar-refractivity contribution in [2.24, 2.45) is 0 Å². The van der Waals surface area contributed by atoms with Gasteiger partial charge >= 0.3 is 5.97 Å². The smallest absolute Gasteiger partial charge is 0.345 e. The maximum atomic E-state index is 11.9. The zero-order chi connectivity index (χ0) is 15.8. The van der Waals surface area contributed by atoms with Gasteiger partial charge in [-0.3, -0.25) is 0 Å². The third-order valence-electron chi connectivity index (χ3n) is 3.32. The fraction of sp³-hybridized carbons (Fsp3) is 0.667. The molecule has 0 aromatic carbocycles. The molecule has 1 aromatic rings. The van der Waals surface area contributed by atoms with E-state index in [0.29, 0.717) is 12.2 Å². The van der Waals surface area contributed by atoms with Gasteiger partial charge in [-0.1, -0.05) is 0 Å². The standard InChI is InChI=1S/C12H20N4O4S/c1-7(2)14-11-9(12(17)20-3)10(13)16(15-11)8-4-5-21(18,19)6-8/h7-8H,4-6,13H2,1-3H3,(H,14,15). The van der Waals surface area contributed by atoms with Crippen LogP contribution < -0.4 is 11.1 Å². The minimum Gasteiger partial charge on any atom is -0.465 e. The summed E-state index contributed by atoms with van der Waals surface area (Å²) in [5, 5.41) is 7.31. The number of ether oxygens (including phenoxy) is 1. The van der Waals surface area contributed by atoms with Gasteiger partial charge in [-0.2, -0.15) is 5.10 Å². The number of hydrogen-bond donors (Lipinski definition) is 2. The molecule has 0 amide bonds. The molecule has 0 bridgehead atoms. The van der Waals surface area contributed by atoms with Crippen molar-refractivity contribution in [1.29, 1.82) is 0 Å². The highest BCUT2D eigenvalue weighted by atomic mass is 32.2. The molecule has 3 N–H and O–H groups in total. The molecule has 1 aromatic heterocycles. The van der Waals surface area contributed by atoms with Crippen LogP contribution in [0.4, 0.5) is 11.6 Å². The van der Waals surface area contributed by atoms with E-state index >= 15 is 0 Å². The quantitative estimate of drug-likeness (QED) is 0.774. The number of methoxy groups -OCH3 is 1. The third-order valence-corrected chi connectivity index (χ3v) is 5.07. The van der Waals surface area contributed by atoms with E-state index in [0.717, 1.165) is 0 Å². The Kier molecular flexibility index (Phi) is 4.13. The van der Waals surface area contributed by atoms with Crippen molar-refractivity contribution in [2.45, 2.75) is 32.4 Å². The van der Waals surface area contributed by atoms with Crippen molar-refractivity contribution in [3.8, 4) is 0 Å². The Morgan fingerprint density at radius 1 is 1.52 bits per heavy atom. The second-order valence-electron chi connectivity index (χ2n) is 5.40. The second-order valence-corrected chi connectivity index (χ2v) is 7.63. The molecule has 1 atom stereocenters. The molecule has 1 saturated heterocycles. The summed E-state index contributed by atoms with van der Waals surface area (Å²) in [5.74, 6) is -0.0496. The Labute approximate surface area is 123 Å². The molecule has 118 valence electrons. The SMILES string of the molecule is COC(=O)c1c(NC(C)C)nn(C2CCS(=O)(=O)C2)c1N. The lowest BCUT2D eigenvalue weighted by molar-refractivity contribution is 0.0603. The van der Waals surface area contributed by atoms with E-state index in [4.69, 9.17) is 10.5 Å². The highest BCUT2D eigenvalue weighted by Gasteiger charge is 2.33. The summed E-state index contributed by atoms with van der Waals surface area (Å²) in [7, 11) is -1.80. The van der Waals surface area contributed by atoms with E-state index in [1.54, 1.807) is 0 Å². The normalized spacial score (nSPS) is 20.7. The average Bonchev–Trinajstić information content (AvgIpc) is 2.88. The monoisotopic (exact) mass is 316 g/mol. The van der Waals surface area contributed by atoms with Crippen molar-refractivity contribution in [1.82, 2.24) is 9.78 Å². The first-order valence-corrected chi connectivity index (χ1v) is 8.50. The highest BCUT2D eigenvalue weighted by molar-refractivity contribution is 7.91. The van der Waals surface area contributed by atoms with Gasteiger partial charge in [0.25, 0.3) is 0 Å². The molecule has 1 aliphatic rings. The molecule has 0 radical (unpaired) electrons. The summed E-state index contributed by atoms with van der Waals surface area (Å²) in [4.78, 5) is 11.9. The number of rotatable bonds is 4. The van der Waals surface area contributed by atoms with Crippen LogP contribution in [-0.2, 0) is 14.6 Å². The molecule has 0 saturated carbocycles. The van der Waals surface area contributed by atoms with Gasteiger partial charge in [-0.25, -0.2) is 17.9 Å². The summed E-state index contributed by atoms with van der Waals surface area (Å²) in [5.41, 5.74) is 6.14. The zero-order valence-corrected chi connectivity index (χ0v) is 13.1. The molecule has 2 rings (SSSR count). The molecule has 9 heteroatoms. The van der Waals surface area contributed by atoms with E-state index in [9.17, 15) is 13.2 Å². The Hall–Kier alpha value is -1.77. The van der Waals surface area contributed by atoms with Crippen molar-refractivity contribution in [3.05, 3.63) is 5.56 Å².